The van der Waals surface area contributed by atoms with E-state index in [2.05, 4.69) is 30.0 Å². The number of aliphatic hydroxyl groups is 1. The quantitative estimate of drug-likeness (QED) is 0.0610. The van der Waals surface area contributed by atoms with Crippen molar-refractivity contribution in [1.82, 2.24) is 9.80 Å². The molecule has 28 nitrogen and oxygen atoms in total. The average molecular weight is 888 g/mol. The number of aliphatic imine (C=N–C) groups is 6. The van der Waals surface area contributed by atoms with Crippen molar-refractivity contribution in [3.63, 3.8) is 0 Å². The summed E-state index contributed by atoms with van der Waals surface area (Å²) in [5, 5.41) is 51.8. The van der Waals surface area contributed by atoms with Gasteiger partial charge in [0.15, 0.2) is 22.3 Å². The van der Waals surface area contributed by atoms with Gasteiger partial charge in [0, 0.05) is 40.6 Å². The normalized spacial score (nSPS) is 12.8. The molecule has 0 saturated carbocycles. The van der Waals surface area contributed by atoms with E-state index in [1.54, 1.807) is 44.9 Å². The van der Waals surface area contributed by atoms with Gasteiger partial charge in [-0.25, -0.2) is 4.99 Å². The first-order valence-corrected chi connectivity index (χ1v) is 16.4. The molecule has 0 fully saturated rings. The molecule has 0 aromatic rings. The number of amides is 1. The molecule has 0 aromatic heterocycles. The number of carbonyl (C=O) groups excluding carboxylic acids is 1. The number of amidine groups is 2. The molecule has 0 bridgehead atoms. The molecular formula is C24H60ClKN24O4S2. The summed E-state index contributed by atoms with van der Waals surface area (Å²) < 4.78 is 0. The molecule has 0 aromatic carbocycles. The Balaban J connectivity index is -0.0000000803. The Labute approximate surface area is 384 Å². The van der Waals surface area contributed by atoms with Crippen molar-refractivity contribution >= 4 is 93.3 Å². The fourth-order valence-corrected chi connectivity index (χ4v) is 2.55. The third-order valence-corrected chi connectivity index (χ3v) is 5.56. The number of nitrogens with one attached hydrogen (secondary N) is 7. The van der Waals surface area contributed by atoms with E-state index in [4.69, 9.17) is 83.8 Å². The van der Waals surface area contributed by atoms with Crippen LogP contribution >= 0.6 is 23.5 Å². The molecule has 2 rings (SSSR count). The van der Waals surface area contributed by atoms with Crippen LogP contribution in [-0.2, 0) is 4.79 Å². The number of quaternary nitrogens is 2. The molecule has 32 heteroatoms. The predicted molar refractivity (Wildman–Crippen MR) is 219 cm³/mol. The first-order chi connectivity index (χ1) is 24.1. The van der Waals surface area contributed by atoms with Gasteiger partial charge < -0.3 is 89.5 Å². The van der Waals surface area contributed by atoms with Crippen LogP contribution in [0.1, 0.15) is 6.92 Å². The molecule has 27 N–H and O–H groups in total. The summed E-state index contributed by atoms with van der Waals surface area (Å²) in [6.45, 7) is 1.93. The van der Waals surface area contributed by atoms with Crippen LogP contribution < -0.4 is 130 Å². The van der Waals surface area contributed by atoms with Gasteiger partial charge in [0.05, 0.1) is 33.9 Å². The van der Waals surface area contributed by atoms with Crippen molar-refractivity contribution in [1.29, 1.82) is 27.0 Å². The first-order valence-electron chi connectivity index (χ1n) is 14.4. The first kappa shape index (κ1) is 70.0. The minimum absolute atomic E-state index is 0. The van der Waals surface area contributed by atoms with E-state index >= 15 is 0 Å². The van der Waals surface area contributed by atoms with Gasteiger partial charge in [-0.05, 0) is 12.8 Å². The minimum Gasteiger partial charge on any atom is -1.00 e. The van der Waals surface area contributed by atoms with Gasteiger partial charge in [-0.1, -0.05) is 23.5 Å². The summed E-state index contributed by atoms with van der Waals surface area (Å²) in [7, 11) is 14.1. The third-order valence-electron chi connectivity index (χ3n) is 4.03. The number of halogens is 1. The van der Waals surface area contributed by atoms with Gasteiger partial charge in [-0.15, -0.1) is 9.98 Å². The smallest absolute Gasteiger partial charge is 1.00 e. The van der Waals surface area contributed by atoms with Crippen molar-refractivity contribution in [3.8, 4) is 0 Å². The maximum atomic E-state index is 10.2. The second-order valence-electron chi connectivity index (χ2n) is 9.81. The monoisotopic (exact) mass is 886 g/mol. The zero-order chi connectivity index (χ0) is 43.0. The second-order valence-corrected chi connectivity index (χ2v) is 11.8. The molecule has 0 spiro atoms. The van der Waals surface area contributed by atoms with Gasteiger partial charge in [0.25, 0.3) is 5.91 Å². The topological polar surface area (TPSA) is 533 Å². The molecule has 0 atom stereocenters. The van der Waals surface area contributed by atoms with E-state index in [0.717, 1.165) is 9.80 Å². The van der Waals surface area contributed by atoms with E-state index in [1.165, 1.54) is 23.5 Å². The molecule has 0 saturated heterocycles. The predicted octanol–water partition coefficient (Wildman–Crippen LogP) is -15.0. The van der Waals surface area contributed by atoms with Gasteiger partial charge in [-0.3, -0.25) is 41.6 Å². The molecular weight excluding hydrogens is 827 g/mol. The van der Waals surface area contributed by atoms with Crippen molar-refractivity contribution in [2.24, 2.45) is 81.6 Å². The number of guanidine groups is 8. The SMILES string of the molecule is CCO.CN(C)C(N)=NC(=N)N.CN(C)C(N)=NC(=N)N.C[NH+](C)C(N)=NC(=N)N.C[NH+](C)C(N)=NC(=N)N.N=C1N=C([O-])CS1.NC1=NC(=O)CS1.[Cl-].[K+].[OH-]. The Hall–Kier alpha value is -3.89. The number of nitrogens with two attached hydrogens (primary N) is 9. The Kier molecular flexibility index (Phi) is 52.8. The minimum atomic E-state index is -0.277. The summed E-state index contributed by atoms with van der Waals surface area (Å²) in [6.07, 6.45) is 0. The Bertz CT molecular complexity index is 1200. The number of hydrogen-bond donors (Lipinski definition) is 17. The summed E-state index contributed by atoms with van der Waals surface area (Å²) in [5.74, 6) is 0.530. The summed E-state index contributed by atoms with van der Waals surface area (Å²) in [5.41, 5.74) is 46.0. The molecule has 320 valence electrons. The number of rotatable bonds is 0. The maximum absolute atomic E-state index is 10.2. The van der Waals surface area contributed by atoms with Gasteiger partial charge >= 0.3 is 63.3 Å². The standard InChI is InChI=1S/4C4H11N5.2C3H4N2OS.C2H6O.ClH.K.H2O/c4*1-9(2)4(7)8-3(5)6;2*4-3-5-2(6)1-7-3;1-2-3;;;/h4*1-2H3,(H5,5,6,7,8);2*1H2,(H2,4,5,6);3H,2H2,1H3;1H;;1H2/q;;;;;;;;+1;/p-1. The fourth-order valence-electron chi connectivity index (χ4n) is 1.56. The Morgan fingerprint density at radius 3 is 1.12 bits per heavy atom. The van der Waals surface area contributed by atoms with E-state index in [0.29, 0.717) is 28.6 Å². The second kappa shape index (κ2) is 42.3. The molecule has 0 unspecified atom stereocenters. The third kappa shape index (κ3) is 56.8. The molecule has 56 heavy (non-hydrogen) atoms. The average Bonchev–Trinajstić information content (AvgIpc) is 3.57. The Morgan fingerprint density at radius 2 is 1.05 bits per heavy atom. The van der Waals surface area contributed by atoms with Crippen molar-refractivity contribution < 1.29 is 94.1 Å². The molecule has 1 amide bonds. The molecule has 2 heterocycles. The number of thioether (sulfide) groups is 2. The summed E-state index contributed by atoms with van der Waals surface area (Å²) >= 11 is 2.46. The van der Waals surface area contributed by atoms with Crippen LogP contribution in [0.2, 0.25) is 0 Å². The van der Waals surface area contributed by atoms with E-state index in [-0.39, 0.29) is 129 Å². The van der Waals surface area contributed by atoms with Crippen LogP contribution in [0.25, 0.3) is 0 Å². The number of hydrogen-bond acceptors (Lipinski definition) is 12. The van der Waals surface area contributed by atoms with Crippen molar-refractivity contribution in [2.75, 3.05) is 74.5 Å². The van der Waals surface area contributed by atoms with E-state index in [1.807, 2.05) is 28.2 Å². The van der Waals surface area contributed by atoms with Crippen LogP contribution in [0.4, 0.5) is 0 Å². The summed E-state index contributed by atoms with van der Waals surface area (Å²) in [6, 6.07) is 0. The van der Waals surface area contributed by atoms with Crippen LogP contribution in [0.5, 0.6) is 0 Å². The van der Waals surface area contributed by atoms with Gasteiger partial charge in [-0.2, -0.15) is 15.0 Å². The van der Waals surface area contributed by atoms with E-state index in [9.17, 15) is 9.90 Å². The largest absolute Gasteiger partial charge is 1.00 e. The van der Waals surface area contributed by atoms with Gasteiger partial charge in [0.2, 0.25) is 23.8 Å². The zero-order valence-corrected chi connectivity index (χ0v) is 38.8. The van der Waals surface area contributed by atoms with Crippen molar-refractivity contribution in [2.45, 2.75) is 6.92 Å². The van der Waals surface area contributed by atoms with Gasteiger partial charge in [0.1, 0.15) is 0 Å². The van der Waals surface area contributed by atoms with Crippen LogP contribution in [0, 0.1) is 27.0 Å². The zero-order valence-electron chi connectivity index (χ0n) is 33.3. The Morgan fingerprint density at radius 1 is 0.750 bits per heavy atom. The van der Waals surface area contributed by atoms with E-state index < -0.39 is 0 Å². The number of aliphatic hydroxyl groups excluding tert-OH is 1. The van der Waals surface area contributed by atoms with Crippen LogP contribution in [0.3, 0.4) is 0 Å². The molecule has 0 aliphatic carbocycles. The number of nitrogens with zero attached hydrogens (tertiary/aromatic N) is 8. The fraction of sp³-hybridized carbons (Fsp3) is 0.500. The maximum Gasteiger partial charge on any atom is 1.00 e. The number of carbonyl (C=O) groups is 1. The van der Waals surface area contributed by atoms with Crippen LogP contribution in [0.15, 0.2) is 30.0 Å². The molecule has 0 radical (unpaired) electrons. The van der Waals surface area contributed by atoms with Crippen molar-refractivity contribution in [3.05, 3.63) is 0 Å². The molecule has 2 aliphatic rings. The summed E-state index contributed by atoms with van der Waals surface area (Å²) in [4.78, 5) is 35.6. The molecule has 2 aliphatic heterocycles. The van der Waals surface area contributed by atoms with Crippen LogP contribution in [-0.4, -0.2) is 165 Å².